The fourth-order valence-electron chi connectivity index (χ4n) is 2.82. The summed E-state index contributed by atoms with van der Waals surface area (Å²) in [7, 11) is 3.18. The minimum Gasteiger partial charge on any atom is -0.496 e. The Morgan fingerprint density at radius 3 is 2.70 bits per heavy atom. The van der Waals surface area contributed by atoms with E-state index in [9.17, 15) is 4.79 Å². The van der Waals surface area contributed by atoms with Crippen LogP contribution in [0, 0.1) is 6.92 Å². The molecule has 7 nitrogen and oxygen atoms in total. The van der Waals surface area contributed by atoms with Gasteiger partial charge in [0.2, 0.25) is 0 Å². The fourth-order valence-corrected chi connectivity index (χ4v) is 2.82. The third kappa shape index (κ3) is 4.15. The van der Waals surface area contributed by atoms with Gasteiger partial charge in [-0.2, -0.15) is 0 Å². The number of benzene rings is 2. The molecule has 0 unspecified atom stereocenters. The van der Waals surface area contributed by atoms with Crippen LogP contribution in [-0.4, -0.2) is 35.1 Å². The van der Waals surface area contributed by atoms with Gasteiger partial charge in [0.05, 0.1) is 19.4 Å². The van der Waals surface area contributed by atoms with Crippen LogP contribution in [0.2, 0.25) is 0 Å². The minimum absolute atomic E-state index is 0.221. The molecule has 27 heavy (non-hydrogen) atoms. The van der Waals surface area contributed by atoms with Crippen molar-refractivity contribution in [2.24, 2.45) is 0 Å². The molecule has 0 aliphatic heterocycles. The molecule has 0 saturated carbocycles. The van der Waals surface area contributed by atoms with Crippen molar-refractivity contribution in [2.75, 3.05) is 14.2 Å². The SMILES string of the molecule is COCc1c(C(=O)NCc2ccccc2OC)nnn1-c1cccc(C)c1. The third-order valence-electron chi connectivity index (χ3n) is 4.14. The Labute approximate surface area is 157 Å². The van der Waals surface area contributed by atoms with Gasteiger partial charge < -0.3 is 14.8 Å². The molecule has 2 aromatic carbocycles. The molecule has 1 N–H and O–H groups in total. The van der Waals surface area contributed by atoms with E-state index in [4.69, 9.17) is 9.47 Å². The molecule has 0 saturated heterocycles. The van der Waals surface area contributed by atoms with Crippen molar-refractivity contribution in [1.29, 1.82) is 0 Å². The van der Waals surface area contributed by atoms with Crippen LogP contribution in [-0.2, 0) is 17.9 Å². The number of ether oxygens (including phenoxy) is 2. The lowest BCUT2D eigenvalue weighted by Crippen LogP contribution is -2.25. The van der Waals surface area contributed by atoms with Crippen molar-refractivity contribution < 1.29 is 14.3 Å². The second-order valence-electron chi connectivity index (χ2n) is 6.06. The van der Waals surface area contributed by atoms with Gasteiger partial charge in [-0.3, -0.25) is 4.79 Å². The van der Waals surface area contributed by atoms with Gasteiger partial charge in [0.25, 0.3) is 5.91 Å². The quantitative estimate of drug-likeness (QED) is 0.695. The van der Waals surface area contributed by atoms with Crippen molar-refractivity contribution in [3.05, 3.63) is 71.0 Å². The van der Waals surface area contributed by atoms with E-state index in [0.717, 1.165) is 22.6 Å². The van der Waals surface area contributed by atoms with Gasteiger partial charge in [0.15, 0.2) is 5.69 Å². The second kappa shape index (κ2) is 8.46. The molecule has 1 aromatic heterocycles. The van der Waals surface area contributed by atoms with Gasteiger partial charge in [-0.25, -0.2) is 4.68 Å². The van der Waals surface area contributed by atoms with E-state index < -0.39 is 0 Å². The Morgan fingerprint density at radius 2 is 1.96 bits per heavy atom. The number of hydrogen-bond acceptors (Lipinski definition) is 5. The Bertz CT molecular complexity index is 936. The summed E-state index contributed by atoms with van der Waals surface area (Å²) < 4.78 is 12.2. The molecule has 3 rings (SSSR count). The highest BCUT2D eigenvalue weighted by molar-refractivity contribution is 5.93. The zero-order valence-electron chi connectivity index (χ0n) is 15.6. The highest BCUT2D eigenvalue weighted by Gasteiger charge is 2.20. The lowest BCUT2D eigenvalue weighted by Gasteiger charge is -2.10. The van der Waals surface area contributed by atoms with Gasteiger partial charge >= 0.3 is 0 Å². The first-order valence-electron chi connectivity index (χ1n) is 8.54. The van der Waals surface area contributed by atoms with Gasteiger partial charge in [0, 0.05) is 19.2 Å². The Morgan fingerprint density at radius 1 is 1.15 bits per heavy atom. The van der Waals surface area contributed by atoms with Crippen molar-refractivity contribution in [3.8, 4) is 11.4 Å². The summed E-state index contributed by atoms with van der Waals surface area (Å²) >= 11 is 0. The summed E-state index contributed by atoms with van der Waals surface area (Å²) in [5, 5.41) is 11.1. The summed E-state index contributed by atoms with van der Waals surface area (Å²) in [5.41, 5.74) is 3.65. The number of rotatable bonds is 7. The van der Waals surface area contributed by atoms with Gasteiger partial charge in [-0.1, -0.05) is 35.5 Å². The maximum Gasteiger partial charge on any atom is 0.274 e. The van der Waals surface area contributed by atoms with Crippen LogP contribution < -0.4 is 10.1 Å². The van der Waals surface area contributed by atoms with Gasteiger partial charge in [0.1, 0.15) is 11.4 Å². The van der Waals surface area contributed by atoms with Crippen LogP contribution >= 0.6 is 0 Å². The molecule has 7 heteroatoms. The monoisotopic (exact) mass is 366 g/mol. The normalized spacial score (nSPS) is 10.6. The minimum atomic E-state index is -0.313. The van der Waals surface area contributed by atoms with Crippen molar-refractivity contribution >= 4 is 5.91 Å². The predicted molar refractivity (Wildman–Crippen MR) is 101 cm³/mol. The Kier molecular flexibility index (Phi) is 5.83. The highest BCUT2D eigenvalue weighted by atomic mass is 16.5. The first kappa shape index (κ1) is 18.6. The number of carbonyl (C=O) groups excluding carboxylic acids is 1. The zero-order chi connectivity index (χ0) is 19.2. The summed E-state index contributed by atoms with van der Waals surface area (Å²) in [6.45, 7) is 2.54. The number of nitrogens with one attached hydrogen (secondary N) is 1. The van der Waals surface area contributed by atoms with Crippen LogP contribution in [0.15, 0.2) is 48.5 Å². The smallest absolute Gasteiger partial charge is 0.274 e. The van der Waals surface area contributed by atoms with Crippen molar-refractivity contribution in [1.82, 2.24) is 20.3 Å². The lowest BCUT2D eigenvalue weighted by molar-refractivity contribution is 0.0940. The van der Waals surface area contributed by atoms with E-state index in [0.29, 0.717) is 12.2 Å². The van der Waals surface area contributed by atoms with Crippen LogP contribution in [0.25, 0.3) is 5.69 Å². The van der Waals surface area contributed by atoms with Crippen LogP contribution in [0.5, 0.6) is 5.75 Å². The molecule has 0 fully saturated rings. The number of amides is 1. The van der Waals surface area contributed by atoms with E-state index in [2.05, 4.69) is 15.6 Å². The number of aromatic nitrogens is 3. The van der Waals surface area contributed by atoms with E-state index in [1.54, 1.807) is 18.9 Å². The molecule has 0 aliphatic carbocycles. The van der Waals surface area contributed by atoms with Crippen molar-refractivity contribution in [2.45, 2.75) is 20.1 Å². The topological polar surface area (TPSA) is 78.3 Å². The van der Waals surface area contributed by atoms with Crippen molar-refractivity contribution in [3.63, 3.8) is 0 Å². The number of hydrogen-bond donors (Lipinski definition) is 1. The average Bonchev–Trinajstić information content (AvgIpc) is 3.10. The fraction of sp³-hybridized carbons (Fsp3) is 0.250. The van der Waals surface area contributed by atoms with E-state index in [1.807, 2.05) is 55.5 Å². The van der Waals surface area contributed by atoms with Gasteiger partial charge in [-0.05, 0) is 30.7 Å². The zero-order valence-corrected chi connectivity index (χ0v) is 15.6. The lowest BCUT2D eigenvalue weighted by atomic mass is 10.2. The molecule has 0 atom stereocenters. The maximum absolute atomic E-state index is 12.7. The second-order valence-corrected chi connectivity index (χ2v) is 6.06. The third-order valence-corrected chi connectivity index (χ3v) is 4.14. The van der Waals surface area contributed by atoms with Gasteiger partial charge in [-0.15, -0.1) is 5.10 Å². The number of nitrogens with zero attached hydrogens (tertiary/aromatic N) is 3. The number of methoxy groups -OCH3 is 2. The molecule has 140 valence electrons. The van der Waals surface area contributed by atoms with E-state index in [1.165, 1.54) is 0 Å². The van der Waals surface area contributed by atoms with E-state index in [-0.39, 0.29) is 18.2 Å². The maximum atomic E-state index is 12.7. The largest absolute Gasteiger partial charge is 0.496 e. The summed E-state index contributed by atoms with van der Waals surface area (Å²) in [4.78, 5) is 12.7. The van der Waals surface area contributed by atoms with Crippen LogP contribution in [0.3, 0.4) is 0 Å². The van der Waals surface area contributed by atoms with Crippen LogP contribution in [0.4, 0.5) is 0 Å². The first-order valence-corrected chi connectivity index (χ1v) is 8.54. The predicted octanol–water partition coefficient (Wildman–Crippen LogP) is 2.66. The molecular formula is C20H22N4O3. The Balaban J connectivity index is 1.84. The number of carbonyl (C=O) groups is 1. The number of para-hydroxylation sites is 1. The Hall–Kier alpha value is -3.19. The average molecular weight is 366 g/mol. The molecule has 0 spiro atoms. The molecule has 0 radical (unpaired) electrons. The number of aryl methyl sites for hydroxylation is 1. The van der Waals surface area contributed by atoms with E-state index >= 15 is 0 Å². The molecule has 0 bridgehead atoms. The summed E-state index contributed by atoms with van der Waals surface area (Å²) in [6.07, 6.45) is 0. The molecule has 0 aliphatic rings. The summed E-state index contributed by atoms with van der Waals surface area (Å²) in [5.74, 6) is 0.408. The van der Waals surface area contributed by atoms with Crippen LogP contribution in [0.1, 0.15) is 27.3 Å². The summed E-state index contributed by atoms with van der Waals surface area (Å²) in [6, 6.07) is 15.4. The molecular weight excluding hydrogens is 344 g/mol. The first-order chi connectivity index (χ1) is 13.1. The molecule has 1 amide bonds. The molecule has 3 aromatic rings. The molecule has 1 heterocycles. The standard InChI is InChI=1S/C20H22N4O3/c1-14-7-6-9-16(11-14)24-17(13-26-2)19(22-23-24)20(25)21-12-15-8-4-5-10-18(15)27-3/h4-11H,12-13H2,1-3H3,(H,21,25). The highest BCUT2D eigenvalue weighted by Crippen LogP contribution is 2.18.